The smallest absolute Gasteiger partial charge is 0.273 e. The lowest BCUT2D eigenvalue weighted by atomic mass is 10.1. The minimum absolute atomic E-state index is 0.101. The maximum Gasteiger partial charge on any atom is 0.273 e. The summed E-state index contributed by atoms with van der Waals surface area (Å²) in [7, 11) is 0. The number of hydrogen-bond acceptors (Lipinski definition) is 3. The molecule has 2 aromatic heterocycles. The van der Waals surface area contributed by atoms with Gasteiger partial charge in [-0.1, -0.05) is 42.0 Å². The zero-order chi connectivity index (χ0) is 19.0. The van der Waals surface area contributed by atoms with Gasteiger partial charge in [0.1, 0.15) is 6.54 Å². The molecule has 4 aromatic rings. The SMILES string of the molecule is Cc1ccc(CNC(=O)Cn2c3ccccc3c3nc(=O)cc(C)n32)cc1. The molecule has 0 unspecified atom stereocenters. The molecule has 0 aliphatic heterocycles. The predicted octanol–water partition coefficient (Wildman–Crippen LogP) is 2.58. The number of aryl methyl sites for hydroxylation is 2. The lowest BCUT2D eigenvalue weighted by molar-refractivity contribution is -0.122. The lowest BCUT2D eigenvalue weighted by Crippen LogP contribution is -2.29. The van der Waals surface area contributed by atoms with E-state index in [1.165, 1.54) is 11.6 Å². The molecule has 2 aromatic carbocycles. The lowest BCUT2D eigenvalue weighted by Gasteiger charge is -2.11. The van der Waals surface area contributed by atoms with Crippen molar-refractivity contribution in [3.63, 3.8) is 0 Å². The van der Waals surface area contributed by atoms with E-state index in [1.54, 1.807) is 0 Å². The predicted molar refractivity (Wildman–Crippen MR) is 105 cm³/mol. The molecule has 0 saturated carbocycles. The van der Waals surface area contributed by atoms with E-state index < -0.39 is 0 Å². The van der Waals surface area contributed by atoms with E-state index in [-0.39, 0.29) is 18.0 Å². The van der Waals surface area contributed by atoms with Gasteiger partial charge in [-0.15, -0.1) is 0 Å². The second kappa shape index (κ2) is 6.72. The molecule has 0 saturated heterocycles. The van der Waals surface area contributed by atoms with E-state index >= 15 is 0 Å². The largest absolute Gasteiger partial charge is 0.350 e. The van der Waals surface area contributed by atoms with Crippen LogP contribution in [0.3, 0.4) is 0 Å². The summed E-state index contributed by atoms with van der Waals surface area (Å²) in [5, 5.41) is 3.81. The van der Waals surface area contributed by atoms with Crippen LogP contribution in [0.15, 0.2) is 59.4 Å². The zero-order valence-electron chi connectivity index (χ0n) is 15.3. The highest BCUT2D eigenvalue weighted by Crippen LogP contribution is 2.21. The first-order valence-corrected chi connectivity index (χ1v) is 8.83. The Bertz CT molecular complexity index is 1200. The van der Waals surface area contributed by atoms with Crippen molar-refractivity contribution < 1.29 is 4.79 Å². The van der Waals surface area contributed by atoms with E-state index in [2.05, 4.69) is 10.3 Å². The second-order valence-electron chi connectivity index (χ2n) is 6.71. The van der Waals surface area contributed by atoms with Gasteiger partial charge in [0.05, 0.1) is 5.52 Å². The number of carbonyl (C=O) groups is 1. The summed E-state index contributed by atoms with van der Waals surface area (Å²) >= 11 is 0. The number of rotatable bonds is 4. The van der Waals surface area contributed by atoms with Gasteiger partial charge in [-0.05, 0) is 31.5 Å². The molecule has 6 heteroatoms. The molecule has 27 heavy (non-hydrogen) atoms. The summed E-state index contributed by atoms with van der Waals surface area (Å²) in [6.07, 6.45) is 0. The van der Waals surface area contributed by atoms with Crippen molar-refractivity contribution in [2.24, 2.45) is 0 Å². The fourth-order valence-corrected chi connectivity index (χ4v) is 3.32. The van der Waals surface area contributed by atoms with Crippen LogP contribution in [0, 0.1) is 13.8 Å². The highest BCUT2D eigenvalue weighted by atomic mass is 16.2. The first-order valence-electron chi connectivity index (χ1n) is 8.83. The van der Waals surface area contributed by atoms with Crippen LogP contribution >= 0.6 is 0 Å². The molecular weight excluding hydrogens is 340 g/mol. The first-order chi connectivity index (χ1) is 13.0. The number of nitrogens with zero attached hydrogens (tertiary/aromatic N) is 3. The minimum atomic E-state index is -0.278. The molecule has 0 aliphatic carbocycles. The van der Waals surface area contributed by atoms with E-state index in [0.29, 0.717) is 12.2 Å². The maximum atomic E-state index is 12.6. The average molecular weight is 360 g/mol. The summed E-state index contributed by atoms with van der Waals surface area (Å²) in [4.78, 5) is 28.6. The Morgan fingerprint density at radius 2 is 1.81 bits per heavy atom. The first kappa shape index (κ1) is 17.0. The van der Waals surface area contributed by atoms with E-state index in [4.69, 9.17) is 0 Å². The quantitative estimate of drug-likeness (QED) is 0.608. The summed E-state index contributed by atoms with van der Waals surface area (Å²) in [6, 6.07) is 17.2. The standard InChI is InChI=1S/C21H20N4O2/c1-14-7-9-16(10-8-14)12-22-20(27)13-24-18-6-4-3-5-17(18)21-23-19(26)11-15(2)25(21)24/h3-11H,12-13H2,1-2H3,(H,22,27). The van der Waals surface area contributed by atoms with Gasteiger partial charge in [-0.3, -0.25) is 14.3 Å². The number of fused-ring (bicyclic) bond motifs is 3. The normalized spacial score (nSPS) is 11.2. The van der Waals surface area contributed by atoms with Gasteiger partial charge in [0.15, 0.2) is 5.65 Å². The highest BCUT2D eigenvalue weighted by Gasteiger charge is 2.15. The number of para-hydroxylation sites is 1. The van der Waals surface area contributed by atoms with Crippen molar-refractivity contribution in [3.05, 3.63) is 81.8 Å². The van der Waals surface area contributed by atoms with Crippen molar-refractivity contribution in [1.29, 1.82) is 0 Å². The Hall–Kier alpha value is -3.41. The molecule has 0 bridgehead atoms. The fourth-order valence-electron chi connectivity index (χ4n) is 3.32. The van der Waals surface area contributed by atoms with Gasteiger partial charge < -0.3 is 5.32 Å². The van der Waals surface area contributed by atoms with Crippen LogP contribution in [0.1, 0.15) is 16.8 Å². The van der Waals surface area contributed by atoms with Gasteiger partial charge in [-0.2, -0.15) is 4.98 Å². The molecule has 0 aliphatic rings. The van der Waals surface area contributed by atoms with Crippen molar-refractivity contribution in [2.75, 3.05) is 0 Å². The number of benzene rings is 2. The van der Waals surface area contributed by atoms with E-state index in [0.717, 1.165) is 22.2 Å². The van der Waals surface area contributed by atoms with Crippen LogP contribution in [0.5, 0.6) is 0 Å². The molecular formula is C21H20N4O2. The molecule has 0 spiro atoms. The van der Waals surface area contributed by atoms with Crippen molar-refractivity contribution in [1.82, 2.24) is 19.5 Å². The monoisotopic (exact) mass is 360 g/mol. The van der Waals surface area contributed by atoms with Crippen LogP contribution in [0.25, 0.3) is 16.6 Å². The minimum Gasteiger partial charge on any atom is -0.350 e. The number of aromatic nitrogens is 3. The maximum absolute atomic E-state index is 12.6. The third-order valence-electron chi connectivity index (χ3n) is 4.65. The molecule has 2 heterocycles. The summed E-state index contributed by atoms with van der Waals surface area (Å²) in [5.74, 6) is -0.101. The van der Waals surface area contributed by atoms with Crippen LogP contribution in [-0.2, 0) is 17.9 Å². The van der Waals surface area contributed by atoms with E-state index in [1.807, 2.05) is 71.6 Å². The Kier molecular flexibility index (Phi) is 4.24. The van der Waals surface area contributed by atoms with Gasteiger partial charge in [0.2, 0.25) is 5.91 Å². The molecule has 6 nitrogen and oxygen atoms in total. The van der Waals surface area contributed by atoms with E-state index in [9.17, 15) is 9.59 Å². The van der Waals surface area contributed by atoms with Crippen LogP contribution in [0.4, 0.5) is 0 Å². The van der Waals surface area contributed by atoms with Gasteiger partial charge >= 0.3 is 0 Å². The number of hydrogen-bond donors (Lipinski definition) is 1. The van der Waals surface area contributed by atoms with Crippen molar-refractivity contribution >= 4 is 22.5 Å². The third kappa shape index (κ3) is 3.21. The van der Waals surface area contributed by atoms with Gasteiger partial charge in [-0.25, -0.2) is 4.52 Å². The summed E-state index contributed by atoms with van der Waals surface area (Å²) < 4.78 is 3.69. The Morgan fingerprint density at radius 1 is 1.07 bits per heavy atom. The molecule has 136 valence electrons. The van der Waals surface area contributed by atoms with Gasteiger partial charge in [0, 0.05) is 23.7 Å². The Morgan fingerprint density at radius 3 is 2.59 bits per heavy atom. The average Bonchev–Trinajstić information content (AvgIpc) is 2.95. The second-order valence-corrected chi connectivity index (χ2v) is 6.71. The summed E-state index contributed by atoms with van der Waals surface area (Å²) in [5.41, 5.74) is 4.14. The molecule has 0 fully saturated rings. The number of nitrogens with one attached hydrogen (secondary N) is 1. The highest BCUT2D eigenvalue weighted by molar-refractivity contribution is 5.93. The Balaban J connectivity index is 1.67. The Labute approximate surface area is 156 Å². The number of carbonyl (C=O) groups excluding carboxylic acids is 1. The van der Waals surface area contributed by atoms with Crippen LogP contribution in [0.2, 0.25) is 0 Å². The number of amides is 1. The van der Waals surface area contributed by atoms with Crippen LogP contribution < -0.4 is 10.9 Å². The fraction of sp³-hybridized carbons (Fsp3) is 0.190. The van der Waals surface area contributed by atoms with Crippen LogP contribution in [-0.4, -0.2) is 20.1 Å². The van der Waals surface area contributed by atoms with Crippen molar-refractivity contribution in [3.8, 4) is 0 Å². The molecule has 1 N–H and O–H groups in total. The molecule has 4 rings (SSSR count). The molecule has 1 amide bonds. The molecule has 0 atom stereocenters. The van der Waals surface area contributed by atoms with Gasteiger partial charge in [0.25, 0.3) is 5.56 Å². The third-order valence-corrected chi connectivity index (χ3v) is 4.65. The topological polar surface area (TPSA) is 68.4 Å². The zero-order valence-corrected chi connectivity index (χ0v) is 15.3. The molecule has 0 radical (unpaired) electrons. The summed E-state index contributed by atoms with van der Waals surface area (Å²) in [6.45, 7) is 4.49. The van der Waals surface area contributed by atoms with Crippen molar-refractivity contribution in [2.45, 2.75) is 26.9 Å².